The van der Waals surface area contributed by atoms with E-state index < -0.39 is 27.7 Å². The maximum Gasteiger partial charge on any atom is 0.241 e. The van der Waals surface area contributed by atoms with Crippen LogP contribution >= 0.6 is 0 Å². The lowest BCUT2D eigenvalue weighted by Crippen LogP contribution is -2.32. The van der Waals surface area contributed by atoms with Gasteiger partial charge in [0.15, 0.2) is 11.6 Å². The standard InChI is InChI=1S/C17H19F2NO3S/c1-11(2)17(12-4-6-13(23-3)7-5-12)20-24(21,22)14-8-9-15(18)16(19)10-14/h4-11,17,20H,1-3H3/t17-/m0/s1. The predicted octanol–water partition coefficient (Wildman–Crippen LogP) is 3.65. The summed E-state index contributed by atoms with van der Waals surface area (Å²) in [6.07, 6.45) is 0. The van der Waals surface area contributed by atoms with Gasteiger partial charge in [0.25, 0.3) is 0 Å². The Morgan fingerprint density at radius 2 is 1.62 bits per heavy atom. The molecule has 0 unspecified atom stereocenters. The topological polar surface area (TPSA) is 55.4 Å². The van der Waals surface area contributed by atoms with E-state index in [1.165, 1.54) is 0 Å². The number of rotatable bonds is 6. The highest BCUT2D eigenvalue weighted by atomic mass is 32.2. The second-order valence-corrected chi connectivity index (χ2v) is 7.41. The molecule has 1 atom stereocenters. The molecule has 0 saturated heterocycles. The summed E-state index contributed by atoms with van der Waals surface area (Å²) in [5.41, 5.74) is 0.747. The van der Waals surface area contributed by atoms with Crippen molar-refractivity contribution < 1.29 is 21.9 Å². The van der Waals surface area contributed by atoms with Gasteiger partial charge in [-0.3, -0.25) is 0 Å². The van der Waals surface area contributed by atoms with Gasteiger partial charge in [0.2, 0.25) is 10.0 Å². The molecule has 0 bridgehead atoms. The number of methoxy groups -OCH3 is 1. The Bertz CT molecular complexity index is 805. The van der Waals surface area contributed by atoms with E-state index in [0.717, 1.165) is 17.7 Å². The SMILES string of the molecule is COc1ccc([C@@H](NS(=O)(=O)c2ccc(F)c(F)c2)C(C)C)cc1. The van der Waals surface area contributed by atoms with Gasteiger partial charge < -0.3 is 4.74 Å². The minimum atomic E-state index is -4.00. The van der Waals surface area contributed by atoms with Crippen molar-refractivity contribution >= 4 is 10.0 Å². The highest BCUT2D eigenvalue weighted by molar-refractivity contribution is 7.89. The Morgan fingerprint density at radius 1 is 1.00 bits per heavy atom. The lowest BCUT2D eigenvalue weighted by molar-refractivity contribution is 0.413. The fraction of sp³-hybridized carbons (Fsp3) is 0.294. The third kappa shape index (κ3) is 4.10. The van der Waals surface area contributed by atoms with E-state index in [4.69, 9.17) is 4.74 Å². The smallest absolute Gasteiger partial charge is 0.241 e. The van der Waals surface area contributed by atoms with Gasteiger partial charge in [-0.1, -0.05) is 26.0 Å². The summed E-state index contributed by atoms with van der Waals surface area (Å²) in [5, 5.41) is 0. The molecule has 2 aromatic rings. The molecule has 2 rings (SSSR count). The molecule has 0 fully saturated rings. The van der Waals surface area contributed by atoms with E-state index in [1.807, 2.05) is 13.8 Å². The van der Waals surface area contributed by atoms with Crippen LogP contribution in [0, 0.1) is 17.6 Å². The molecule has 0 amide bonds. The average Bonchev–Trinajstić information content (AvgIpc) is 2.55. The molecule has 0 saturated carbocycles. The van der Waals surface area contributed by atoms with Crippen LogP contribution in [0.25, 0.3) is 0 Å². The summed E-state index contributed by atoms with van der Waals surface area (Å²) in [6, 6.07) is 8.97. The summed E-state index contributed by atoms with van der Waals surface area (Å²) in [6.45, 7) is 3.73. The van der Waals surface area contributed by atoms with Crippen molar-refractivity contribution in [3.8, 4) is 5.75 Å². The molecule has 0 aliphatic heterocycles. The molecule has 7 heteroatoms. The zero-order valence-corrected chi connectivity index (χ0v) is 14.4. The van der Waals surface area contributed by atoms with Crippen molar-refractivity contribution in [2.24, 2.45) is 5.92 Å². The lowest BCUT2D eigenvalue weighted by atomic mass is 9.97. The van der Waals surface area contributed by atoms with E-state index in [0.29, 0.717) is 11.8 Å². The number of ether oxygens (including phenoxy) is 1. The van der Waals surface area contributed by atoms with E-state index in [2.05, 4.69) is 4.72 Å². The zero-order valence-electron chi connectivity index (χ0n) is 13.6. The average molecular weight is 355 g/mol. The summed E-state index contributed by atoms with van der Waals surface area (Å²) < 4.78 is 58.9. The first-order valence-electron chi connectivity index (χ1n) is 7.36. The summed E-state index contributed by atoms with van der Waals surface area (Å²) in [7, 11) is -2.45. The fourth-order valence-corrected chi connectivity index (χ4v) is 3.66. The first-order valence-corrected chi connectivity index (χ1v) is 8.84. The second kappa shape index (κ2) is 7.27. The Balaban J connectivity index is 2.33. The van der Waals surface area contributed by atoms with Gasteiger partial charge in [-0.25, -0.2) is 21.9 Å². The van der Waals surface area contributed by atoms with Crippen LogP contribution in [-0.2, 0) is 10.0 Å². The van der Waals surface area contributed by atoms with Crippen molar-refractivity contribution in [2.45, 2.75) is 24.8 Å². The van der Waals surface area contributed by atoms with Crippen LogP contribution in [0.15, 0.2) is 47.4 Å². The molecule has 0 aromatic heterocycles. The van der Waals surface area contributed by atoms with Gasteiger partial charge >= 0.3 is 0 Å². The first kappa shape index (κ1) is 18.4. The minimum Gasteiger partial charge on any atom is -0.497 e. The number of hydrogen-bond donors (Lipinski definition) is 1. The van der Waals surface area contributed by atoms with Gasteiger partial charge in [-0.15, -0.1) is 0 Å². The third-order valence-corrected chi connectivity index (χ3v) is 5.06. The largest absolute Gasteiger partial charge is 0.497 e. The molecule has 2 aromatic carbocycles. The minimum absolute atomic E-state index is 0.0570. The maximum atomic E-state index is 13.3. The molecule has 130 valence electrons. The molecule has 0 heterocycles. The van der Waals surface area contributed by atoms with E-state index in [-0.39, 0.29) is 10.8 Å². The quantitative estimate of drug-likeness (QED) is 0.861. The van der Waals surface area contributed by atoms with Crippen LogP contribution in [-0.4, -0.2) is 15.5 Å². The van der Waals surface area contributed by atoms with Crippen LogP contribution in [0.1, 0.15) is 25.5 Å². The van der Waals surface area contributed by atoms with Gasteiger partial charge in [-0.2, -0.15) is 0 Å². The van der Waals surface area contributed by atoms with Crippen LogP contribution in [0.5, 0.6) is 5.75 Å². The van der Waals surface area contributed by atoms with Crippen molar-refractivity contribution in [2.75, 3.05) is 7.11 Å². The van der Waals surface area contributed by atoms with Crippen molar-refractivity contribution in [1.29, 1.82) is 0 Å². The number of sulfonamides is 1. The normalized spacial score (nSPS) is 13.1. The summed E-state index contributed by atoms with van der Waals surface area (Å²) in [4.78, 5) is -0.319. The zero-order chi connectivity index (χ0) is 17.9. The van der Waals surface area contributed by atoms with Crippen LogP contribution in [0.2, 0.25) is 0 Å². The Labute approximate surface area is 140 Å². The van der Waals surface area contributed by atoms with Crippen LogP contribution in [0.3, 0.4) is 0 Å². The first-order chi connectivity index (χ1) is 11.2. The molecule has 0 radical (unpaired) electrons. The molecule has 0 aliphatic carbocycles. The summed E-state index contributed by atoms with van der Waals surface area (Å²) in [5.74, 6) is -1.70. The molecule has 24 heavy (non-hydrogen) atoms. The molecular formula is C17H19F2NO3S. The number of nitrogens with one attached hydrogen (secondary N) is 1. The van der Waals surface area contributed by atoms with Crippen molar-refractivity contribution in [3.05, 3.63) is 59.7 Å². The fourth-order valence-electron chi connectivity index (χ4n) is 2.28. The predicted molar refractivity (Wildman–Crippen MR) is 87.3 cm³/mol. The van der Waals surface area contributed by atoms with E-state index >= 15 is 0 Å². The van der Waals surface area contributed by atoms with Crippen LogP contribution < -0.4 is 9.46 Å². The third-order valence-electron chi connectivity index (χ3n) is 3.63. The number of halogens is 2. The van der Waals surface area contributed by atoms with E-state index in [1.54, 1.807) is 31.4 Å². The summed E-state index contributed by atoms with van der Waals surface area (Å²) >= 11 is 0. The van der Waals surface area contributed by atoms with Crippen LogP contribution in [0.4, 0.5) is 8.78 Å². The number of benzene rings is 2. The Morgan fingerprint density at radius 3 is 2.12 bits per heavy atom. The second-order valence-electron chi connectivity index (χ2n) is 5.69. The van der Waals surface area contributed by atoms with Gasteiger partial charge in [0, 0.05) is 6.04 Å². The Hall–Kier alpha value is -1.99. The van der Waals surface area contributed by atoms with Gasteiger partial charge in [0.1, 0.15) is 5.75 Å². The molecule has 1 N–H and O–H groups in total. The molecule has 0 spiro atoms. The molecular weight excluding hydrogens is 336 g/mol. The van der Waals surface area contributed by atoms with Gasteiger partial charge in [0.05, 0.1) is 12.0 Å². The maximum absolute atomic E-state index is 13.3. The highest BCUT2D eigenvalue weighted by Gasteiger charge is 2.24. The van der Waals surface area contributed by atoms with Crippen molar-refractivity contribution in [3.63, 3.8) is 0 Å². The molecule has 4 nitrogen and oxygen atoms in total. The number of hydrogen-bond acceptors (Lipinski definition) is 3. The Kier molecular flexibility index (Phi) is 5.56. The van der Waals surface area contributed by atoms with Gasteiger partial charge in [-0.05, 0) is 41.8 Å². The van der Waals surface area contributed by atoms with E-state index in [9.17, 15) is 17.2 Å². The molecule has 0 aliphatic rings. The monoisotopic (exact) mass is 355 g/mol. The van der Waals surface area contributed by atoms with Crippen molar-refractivity contribution in [1.82, 2.24) is 4.72 Å². The highest BCUT2D eigenvalue weighted by Crippen LogP contribution is 2.26. The lowest BCUT2D eigenvalue weighted by Gasteiger charge is -2.23.